The zero-order chi connectivity index (χ0) is 17.8. The summed E-state index contributed by atoms with van der Waals surface area (Å²) < 4.78 is 19.1. The van der Waals surface area contributed by atoms with Gasteiger partial charge in [-0.25, -0.2) is 4.39 Å². The van der Waals surface area contributed by atoms with Crippen LogP contribution in [0.15, 0.2) is 42.5 Å². The average Bonchev–Trinajstić information content (AvgIpc) is 2.74. The van der Waals surface area contributed by atoms with Crippen molar-refractivity contribution in [2.75, 3.05) is 18.6 Å². The van der Waals surface area contributed by atoms with Crippen molar-refractivity contribution in [2.45, 2.75) is 19.4 Å². The van der Waals surface area contributed by atoms with Gasteiger partial charge in [0.2, 0.25) is 11.8 Å². The van der Waals surface area contributed by atoms with Crippen LogP contribution in [0.3, 0.4) is 0 Å². The van der Waals surface area contributed by atoms with Gasteiger partial charge in [0.1, 0.15) is 11.6 Å². The minimum Gasteiger partial charge on any atom is -0.491 e. The van der Waals surface area contributed by atoms with Crippen LogP contribution in [0.2, 0.25) is 0 Å². The monoisotopic (exact) mass is 342 g/mol. The predicted octanol–water partition coefficient (Wildman–Crippen LogP) is 2.43. The van der Waals surface area contributed by atoms with E-state index in [-0.39, 0.29) is 30.6 Å². The molecule has 0 unspecified atom stereocenters. The lowest BCUT2D eigenvalue weighted by molar-refractivity contribution is -0.120. The second-order valence-electron chi connectivity index (χ2n) is 5.90. The van der Waals surface area contributed by atoms with Crippen molar-refractivity contribution in [3.63, 3.8) is 0 Å². The number of anilines is 1. The van der Waals surface area contributed by atoms with Crippen molar-refractivity contribution >= 4 is 17.5 Å². The van der Waals surface area contributed by atoms with E-state index in [4.69, 9.17) is 4.74 Å². The Morgan fingerprint density at radius 3 is 2.88 bits per heavy atom. The van der Waals surface area contributed by atoms with Crippen LogP contribution >= 0.6 is 0 Å². The molecular weight excluding hydrogens is 323 g/mol. The highest BCUT2D eigenvalue weighted by Gasteiger charge is 2.20. The van der Waals surface area contributed by atoms with Crippen molar-refractivity contribution in [1.82, 2.24) is 5.32 Å². The molecule has 2 aromatic carbocycles. The number of ether oxygens (including phenoxy) is 1. The molecule has 1 N–H and O–H groups in total. The van der Waals surface area contributed by atoms with Gasteiger partial charge in [-0.2, -0.15) is 0 Å². The number of hydrogen-bond donors (Lipinski definition) is 1. The maximum Gasteiger partial charge on any atom is 0.230 e. The smallest absolute Gasteiger partial charge is 0.230 e. The van der Waals surface area contributed by atoms with Crippen LogP contribution in [0, 0.1) is 5.82 Å². The number of nitrogens with zero attached hydrogens (tertiary/aromatic N) is 1. The Hall–Kier alpha value is -2.89. The molecule has 25 heavy (non-hydrogen) atoms. The maximum absolute atomic E-state index is 13.6. The second-order valence-corrected chi connectivity index (χ2v) is 5.90. The van der Waals surface area contributed by atoms with Crippen LogP contribution in [0.25, 0.3) is 0 Å². The lowest BCUT2D eigenvalue weighted by Crippen LogP contribution is -2.26. The summed E-state index contributed by atoms with van der Waals surface area (Å²) in [4.78, 5) is 25.6. The summed E-state index contributed by atoms with van der Waals surface area (Å²) in [6.07, 6.45) is 0.466. The third kappa shape index (κ3) is 3.96. The number of fused-ring (bicyclic) bond motifs is 1. The molecule has 2 amide bonds. The van der Waals surface area contributed by atoms with Crippen molar-refractivity contribution in [1.29, 1.82) is 0 Å². The normalized spacial score (nSPS) is 13.7. The summed E-state index contributed by atoms with van der Waals surface area (Å²) in [7, 11) is 1.69. The molecule has 0 saturated heterocycles. The third-order valence-corrected chi connectivity index (χ3v) is 4.13. The summed E-state index contributed by atoms with van der Waals surface area (Å²) in [6, 6.07) is 11.7. The zero-order valence-electron chi connectivity index (χ0n) is 13.9. The second kappa shape index (κ2) is 7.34. The van der Waals surface area contributed by atoms with E-state index in [9.17, 15) is 14.0 Å². The van der Waals surface area contributed by atoms with E-state index in [0.29, 0.717) is 30.0 Å². The Balaban J connectivity index is 1.67. The number of benzene rings is 2. The van der Waals surface area contributed by atoms with Crippen LogP contribution in [0.4, 0.5) is 10.1 Å². The lowest BCUT2D eigenvalue weighted by atomic mass is 10.1. The topological polar surface area (TPSA) is 58.6 Å². The van der Waals surface area contributed by atoms with Crippen LogP contribution in [0.1, 0.15) is 17.5 Å². The molecule has 0 atom stereocenters. The number of halogens is 1. The molecule has 3 rings (SSSR count). The molecule has 0 aliphatic carbocycles. The van der Waals surface area contributed by atoms with Gasteiger partial charge in [0.25, 0.3) is 0 Å². The molecule has 6 heteroatoms. The first-order valence-corrected chi connectivity index (χ1v) is 8.07. The highest BCUT2D eigenvalue weighted by Crippen LogP contribution is 2.31. The van der Waals surface area contributed by atoms with Gasteiger partial charge in [-0.05, 0) is 23.8 Å². The molecule has 5 nitrogen and oxygen atoms in total. The fourth-order valence-electron chi connectivity index (χ4n) is 2.69. The quantitative estimate of drug-likeness (QED) is 0.928. The first-order chi connectivity index (χ1) is 12.0. The maximum atomic E-state index is 13.6. The molecule has 1 heterocycles. The average molecular weight is 342 g/mol. The summed E-state index contributed by atoms with van der Waals surface area (Å²) in [5.74, 6) is 0.0422. The fraction of sp³-hybridized carbons (Fsp3) is 0.263. The minimum atomic E-state index is -0.342. The van der Waals surface area contributed by atoms with Gasteiger partial charge < -0.3 is 15.0 Å². The van der Waals surface area contributed by atoms with Gasteiger partial charge in [0, 0.05) is 19.2 Å². The van der Waals surface area contributed by atoms with Gasteiger partial charge >= 0.3 is 0 Å². The minimum absolute atomic E-state index is 0.0279. The van der Waals surface area contributed by atoms with Crippen LogP contribution in [-0.2, 0) is 22.6 Å². The lowest BCUT2D eigenvalue weighted by Gasteiger charge is -2.17. The van der Waals surface area contributed by atoms with Crippen molar-refractivity contribution in [3.8, 4) is 5.75 Å². The zero-order valence-corrected chi connectivity index (χ0v) is 13.9. The van der Waals surface area contributed by atoms with Crippen molar-refractivity contribution in [3.05, 3.63) is 59.4 Å². The molecule has 0 fully saturated rings. The molecule has 0 aromatic heterocycles. The fourth-order valence-corrected chi connectivity index (χ4v) is 2.69. The molecule has 2 aromatic rings. The molecule has 0 radical (unpaired) electrons. The molecule has 0 bridgehead atoms. The number of rotatable bonds is 4. The first kappa shape index (κ1) is 17.0. The third-order valence-electron chi connectivity index (χ3n) is 4.13. The van der Waals surface area contributed by atoms with Crippen LogP contribution in [-0.4, -0.2) is 25.5 Å². The molecular formula is C19H19FN2O3. The summed E-state index contributed by atoms with van der Waals surface area (Å²) in [6.45, 7) is 0.483. The van der Waals surface area contributed by atoms with E-state index < -0.39 is 0 Å². The summed E-state index contributed by atoms with van der Waals surface area (Å²) >= 11 is 0. The van der Waals surface area contributed by atoms with E-state index in [1.165, 1.54) is 6.07 Å². The van der Waals surface area contributed by atoms with E-state index >= 15 is 0 Å². The van der Waals surface area contributed by atoms with Crippen LogP contribution in [0.5, 0.6) is 5.75 Å². The number of nitrogens with one attached hydrogen (secondary N) is 1. The number of amides is 2. The van der Waals surface area contributed by atoms with E-state index in [1.54, 1.807) is 48.3 Å². The number of hydrogen-bond acceptors (Lipinski definition) is 3. The highest BCUT2D eigenvalue weighted by atomic mass is 19.1. The molecule has 0 spiro atoms. The predicted molar refractivity (Wildman–Crippen MR) is 91.9 cm³/mol. The van der Waals surface area contributed by atoms with Crippen LogP contribution < -0.4 is 15.0 Å². The Bertz CT molecular complexity index is 807. The number of carbonyl (C=O) groups is 2. The summed E-state index contributed by atoms with van der Waals surface area (Å²) in [5.41, 5.74) is 1.85. The van der Waals surface area contributed by atoms with Gasteiger partial charge in [-0.3, -0.25) is 9.59 Å². The van der Waals surface area contributed by atoms with E-state index in [1.807, 2.05) is 0 Å². The van der Waals surface area contributed by atoms with Gasteiger partial charge in [-0.1, -0.05) is 24.3 Å². The van der Waals surface area contributed by atoms with Crippen molar-refractivity contribution < 1.29 is 18.7 Å². The standard InChI is InChI=1S/C19H19FN2O3/c1-22-16-10-13(6-7-17(16)25-9-8-19(22)24)11-18(23)21-12-14-4-2-3-5-15(14)20/h2-7,10H,8-9,11-12H2,1H3,(H,21,23). The Labute approximate surface area is 145 Å². The number of carbonyl (C=O) groups excluding carboxylic acids is 2. The highest BCUT2D eigenvalue weighted by molar-refractivity contribution is 5.95. The molecule has 0 saturated carbocycles. The Kier molecular flexibility index (Phi) is 4.97. The summed E-state index contributed by atoms with van der Waals surface area (Å²) in [5, 5.41) is 2.71. The first-order valence-electron chi connectivity index (χ1n) is 8.07. The van der Waals surface area contributed by atoms with Gasteiger partial charge in [-0.15, -0.1) is 0 Å². The molecule has 1 aliphatic rings. The van der Waals surface area contributed by atoms with E-state index in [2.05, 4.69) is 5.32 Å². The Morgan fingerprint density at radius 1 is 1.28 bits per heavy atom. The van der Waals surface area contributed by atoms with Gasteiger partial charge in [0.05, 0.1) is 25.1 Å². The largest absolute Gasteiger partial charge is 0.491 e. The van der Waals surface area contributed by atoms with E-state index in [0.717, 1.165) is 5.56 Å². The Morgan fingerprint density at radius 2 is 2.08 bits per heavy atom. The van der Waals surface area contributed by atoms with Gasteiger partial charge in [0.15, 0.2) is 0 Å². The molecule has 130 valence electrons. The molecule has 1 aliphatic heterocycles. The van der Waals surface area contributed by atoms with Crippen molar-refractivity contribution in [2.24, 2.45) is 0 Å². The SMILES string of the molecule is CN1C(=O)CCOc2ccc(CC(=O)NCc3ccccc3F)cc21.